The van der Waals surface area contributed by atoms with Gasteiger partial charge in [-0.25, -0.2) is 4.39 Å². The Hall–Kier alpha value is -3.26. The molecule has 0 radical (unpaired) electrons. The summed E-state index contributed by atoms with van der Waals surface area (Å²) in [5.74, 6) is -0.941. The predicted molar refractivity (Wildman–Crippen MR) is 101 cm³/mol. The Labute approximate surface area is 165 Å². The minimum Gasteiger partial charge on any atom is -0.505 e. The van der Waals surface area contributed by atoms with Crippen molar-refractivity contribution >= 4 is 22.6 Å². The van der Waals surface area contributed by atoms with Crippen LogP contribution in [-0.2, 0) is 6.18 Å². The number of nitrogens with zero attached hydrogens (tertiary/aromatic N) is 1. The van der Waals surface area contributed by atoms with E-state index >= 15 is 0 Å². The molecule has 2 heterocycles. The maximum Gasteiger partial charge on any atom is 0.416 e. The first-order valence-electron chi connectivity index (χ1n) is 8.26. The van der Waals surface area contributed by atoms with Crippen LogP contribution in [0.15, 0.2) is 59.4 Å². The molecule has 0 aliphatic rings. The van der Waals surface area contributed by atoms with Gasteiger partial charge in [-0.05, 0) is 48.0 Å². The van der Waals surface area contributed by atoms with Gasteiger partial charge in [-0.1, -0.05) is 23.7 Å². The highest BCUT2D eigenvalue weighted by Gasteiger charge is 2.30. The average molecular weight is 423 g/mol. The molecule has 29 heavy (non-hydrogen) atoms. The third-order valence-electron chi connectivity index (χ3n) is 4.48. The number of pyridine rings is 1. The Morgan fingerprint density at radius 1 is 1.00 bits per heavy atom. The topological polar surface area (TPSA) is 58.0 Å². The predicted octanol–water partition coefficient (Wildman–Crippen LogP) is 5.50. The van der Waals surface area contributed by atoms with Gasteiger partial charge in [0.25, 0.3) is 5.56 Å². The Bertz CT molecular complexity index is 1270. The molecule has 0 unspecified atom stereocenters. The monoisotopic (exact) mass is 422 g/mol. The molecule has 2 aromatic heterocycles. The molecule has 4 nitrogen and oxygen atoms in total. The van der Waals surface area contributed by atoms with E-state index in [1.807, 2.05) is 0 Å². The van der Waals surface area contributed by atoms with E-state index in [0.717, 1.165) is 24.3 Å². The van der Waals surface area contributed by atoms with Gasteiger partial charge in [0.05, 0.1) is 16.6 Å². The van der Waals surface area contributed by atoms with Crippen LogP contribution in [0.2, 0.25) is 5.15 Å². The fourth-order valence-electron chi connectivity index (χ4n) is 3.16. The van der Waals surface area contributed by atoms with E-state index in [0.29, 0.717) is 0 Å². The molecule has 0 atom stereocenters. The third-order valence-corrected chi connectivity index (χ3v) is 4.76. The number of H-pyrrole nitrogens is 1. The Morgan fingerprint density at radius 3 is 2.21 bits per heavy atom. The van der Waals surface area contributed by atoms with E-state index in [2.05, 4.69) is 4.98 Å². The van der Waals surface area contributed by atoms with Crippen molar-refractivity contribution in [2.45, 2.75) is 6.18 Å². The maximum atomic E-state index is 13.2. The zero-order valence-electron chi connectivity index (χ0n) is 14.4. The number of nitrogens with one attached hydrogen (secondary N) is 1. The van der Waals surface area contributed by atoms with Crippen LogP contribution in [0.25, 0.3) is 27.8 Å². The molecular formula is C20H11ClF4N2O2. The summed E-state index contributed by atoms with van der Waals surface area (Å²) >= 11 is 6.23. The summed E-state index contributed by atoms with van der Waals surface area (Å²) in [6, 6.07) is 10.5. The Balaban J connectivity index is 1.96. The lowest BCUT2D eigenvalue weighted by Gasteiger charge is -2.12. The first-order chi connectivity index (χ1) is 13.7. The number of hydrogen-bond donors (Lipinski definition) is 2. The number of fused-ring (bicyclic) bond motifs is 1. The number of rotatable bonds is 2. The van der Waals surface area contributed by atoms with Crippen molar-refractivity contribution in [2.24, 2.45) is 0 Å². The fraction of sp³-hybridized carbons (Fsp3) is 0.0500. The lowest BCUT2D eigenvalue weighted by molar-refractivity contribution is -0.137. The van der Waals surface area contributed by atoms with Gasteiger partial charge in [0.1, 0.15) is 16.5 Å². The number of aromatic nitrogens is 2. The average Bonchev–Trinajstić information content (AvgIpc) is 2.98. The van der Waals surface area contributed by atoms with Crippen molar-refractivity contribution in [3.05, 3.63) is 81.5 Å². The Kier molecular flexibility index (Phi) is 4.38. The van der Waals surface area contributed by atoms with Crippen LogP contribution < -0.4 is 5.56 Å². The van der Waals surface area contributed by atoms with Crippen molar-refractivity contribution in [3.8, 4) is 22.6 Å². The normalized spacial score (nSPS) is 11.9. The van der Waals surface area contributed by atoms with Gasteiger partial charge < -0.3 is 10.1 Å². The lowest BCUT2D eigenvalue weighted by atomic mass is 10.1. The highest BCUT2D eigenvalue weighted by molar-refractivity contribution is 6.31. The molecule has 0 saturated heterocycles. The molecule has 0 aliphatic carbocycles. The maximum absolute atomic E-state index is 13.2. The molecule has 0 spiro atoms. The second-order valence-electron chi connectivity index (χ2n) is 6.29. The lowest BCUT2D eigenvalue weighted by Crippen LogP contribution is -2.10. The van der Waals surface area contributed by atoms with Gasteiger partial charge in [0, 0.05) is 5.69 Å². The molecule has 0 bridgehead atoms. The highest BCUT2D eigenvalue weighted by Crippen LogP contribution is 2.37. The van der Waals surface area contributed by atoms with E-state index in [9.17, 15) is 27.5 Å². The van der Waals surface area contributed by atoms with Gasteiger partial charge in [0.2, 0.25) is 0 Å². The van der Waals surface area contributed by atoms with Crippen LogP contribution in [-0.4, -0.2) is 14.7 Å². The molecule has 0 saturated carbocycles. The van der Waals surface area contributed by atoms with Gasteiger partial charge >= 0.3 is 6.18 Å². The second-order valence-corrected chi connectivity index (χ2v) is 6.68. The summed E-state index contributed by atoms with van der Waals surface area (Å²) in [6.07, 6.45) is -4.50. The zero-order valence-corrected chi connectivity index (χ0v) is 15.1. The fourth-order valence-corrected chi connectivity index (χ4v) is 3.45. The largest absolute Gasteiger partial charge is 0.505 e. The van der Waals surface area contributed by atoms with Gasteiger partial charge in [0.15, 0.2) is 5.75 Å². The molecule has 148 valence electrons. The summed E-state index contributed by atoms with van der Waals surface area (Å²) in [6.45, 7) is 0. The number of hydrogen-bond acceptors (Lipinski definition) is 2. The molecular weight excluding hydrogens is 412 g/mol. The molecule has 4 rings (SSSR count). The van der Waals surface area contributed by atoms with Gasteiger partial charge in [-0.2, -0.15) is 13.2 Å². The van der Waals surface area contributed by atoms with Crippen LogP contribution in [0.3, 0.4) is 0 Å². The van der Waals surface area contributed by atoms with Crippen molar-refractivity contribution < 1.29 is 22.7 Å². The third kappa shape index (κ3) is 3.25. The number of halogens is 5. The number of alkyl halides is 3. The van der Waals surface area contributed by atoms with E-state index in [1.165, 1.54) is 34.9 Å². The van der Waals surface area contributed by atoms with Crippen LogP contribution >= 0.6 is 11.6 Å². The molecule has 2 aromatic carbocycles. The van der Waals surface area contributed by atoms with E-state index in [4.69, 9.17) is 11.6 Å². The minimum absolute atomic E-state index is 0.0713. The van der Waals surface area contributed by atoms with Crippen LogP contribution in [0.4, 0.5) is 17.6 Å². The highest BCUT2D eigenvalue weighted by atomic mass is 35.5. The number of aromatic hydroxyl groups is 1. The zero-order chi connectivity index (χ0) is 20.9. The van der Waals surface area contributed by atoms with Crippen molar-refractivity contribution in [2.75, 3.05) is 0 Å². The van der Waals surface area contributed by atoms with E-state index in [1.54, 1.807) is 0 Å². The quantitative estimate of drug-likeness (QED) is 0.419. The summed E-state index contributed by atoms with van der Waals surface area (Å²) < 4.78 is 53.0. The smallest absolute Gasteiger partial charge is 0.416 e. The molecule has 0 aliphatic heterocycles. The molecule has 2 N–H and O–H groups in total. The molecule has 9 heteroatoms. The number of benzene rings is 2. The number of aromatic amines is 1. The Morgan fingerprint density at radius 2 is 1.62 bits per heavy atom. The first-order valence-corrected chi connectivity index (χ1v) is 8.64. The van der Waals surface area contributed by atoms with Crippen LogP contribution in [0.1, 0.15) is 5.56 Å². The standard InChI is InChI=1S/C20H11ClF4N2O2/c21-15-9-14-17(27(15)13-7-3-11(4-8-13)20(23,24)25)18(28)16(19(29)26-14)10-1-5-12(22)6-2-10/h1-9H,(H2,26,28,29). The van der Waals surface area contributed by atoms with Crippen molar-refractivity contribution in [1.82, 2.24) is 9.55 Å². The van der Waals surface area contributed by atoms with Gasteiger partial charge in [-0.15, -0.1) is 0 Å². The minimum atomic E-state index is -4.50. The van der Waals surface area contributed by atoms with Crippen molar-refractivity contribution in [1.29, 1.82) is 0 Å². The SMILES string of the molecule is O=c1[nH]c2cc(Cl)n(-c3ccc(C(F)(F)F)cc3)c2c(O)c1-c1ccc(F)cc1. The summed E-state index contributed by atoms with van der Waals surface area (Å²) in [5, 5.41) is 10.9. The second kappa shape index (κ2) is 6.66. The first kappa shape index (κ1) is 19.1. The summed E-state index contributed by atoms with van der Waals surface area (Å²) in [7, 11) is 0. The van der Waals surface area contributed by atoms with Crippen LogP contribution in [0.5, 0.6) is 5.75 Å². The summed E-state index contributed by atoms with van der Waals surface area (Å²) in [5.41, 5.74) is -0.743. The van der Waals surface area contributed by atoms with Crippen LogP contribution in [0, 0.1) is 5.82 Å². The van der Waals surface area contributed by atoms with Crippen molar-refractivity contribution in [3.63, 3.8) is 0 Å². The van der Waals surface area contributed by atoms with E-state index in [-0.39, 0.29) is 33.0 Å². The van der Waals surface area contributed by atoms with Gasteiger partial charge in [-0.3, -0.25) is 9.36 Å². The molecule has 4 aromatic rings. The van der Waals surface area contributed by atoms with E-state index < -0.39 is 28.9 Å². The molecule has 0 amide bonds. The summed E-state index contributed by atoms with van der Waals surface area (Å²) in [4.78, 5) is 15.0. The molecule has 0 fully saturated rings.